The van der Waals surface area contributed by atoms with Gasteiger partial charge in [-0.15, -0.1) is 0 Å². The first-order chi connectivity index (χ1) is 11.3. The lowest BCUT2D eigenvalue weighted by Gasteiger charge is -2.17. The van der Waals surface area contributed by atoms with Gasteiger partial charge in [-0.2, -0.15) is 0 Å². The fourth-order valence-electron chi connectivity index (χ4n) is 2.09. The lowest BCUT2D eigenvalue weighted by Crippen LogP contribution is -2.23. The van der Waals surface area contributed by atoms with Gasteiger partial charge in [0.25, 0.3) is 0 Å². The van der Waals surface area contributed by atoms with Crippen LogP contribution in [0.25, 0.3) is 0 Å². The zero-order chi connectivity index (χ0) is 17.9. The molecule has 1 unspecified atom stereocenters. The number of hydrogen-bond acceptors (Lipinski definition) is 5. The maximum Gasteiger partial charge on any atom is 0.339 e. The third kappa shape index (κ3) is 3.86. The van der Waals surface area contributed by atoms with Gasteiger partial charge in [0.05, 0.1) is 17.3 Å². The number of carbonyl (C=O) groups is 2. The largest absolute Gasteiger partial charge is 0.478 e. The van der Waals surface area contributed by atoms with Crippen LogP contribution in [0.1, 0.15) is 34.8 Å². The first kappa shape index (κ1) is 17.8. The summed E-state index contributed by atoms with van der Waals surface area (Å²) in [6, 6.07) is 3.73. The number of rotatable bonds is 6. The molecule has 0 saturated carbocycles. The Kier molecular flexibility index (Phi) is 5.46. The van der Waals surface area contributed by atoms with Crippen LogP contribution in [0, 0.1) is 12.7 Å². The van der Waals surface area contributed by atoms with Gasteiger partial charge in [-0.3, -0.25) is 0 Å². The number of aryl methyl sites for hydroxylation is 1. The highest BCUT2D eigenvalue weighted by atomic mass is 35.5. The van der Waals surface area contributed by atoms with E-state index in [9.17, 15) is 14.0 Å². The van der Waals surface area contributed by atoms with Crippen molar-refractivity contribution in [2.45, 2.75) is 19.9 Å². The molecule has 1 atom stereocenters. The lowest BCUT2D eigenvalue weighted by atomic mass is 10.1. The molecule has 8 heteroatoms. The van der Waals surface area contributed by atoms with E-state index in [1.165, 1.54) is 25.1 Å². The molecule has 0 fully saturated rings. The van der Waals surface area contributed by atoms with Crippen LogP contribution in [0.3, 0.4) is 0 Å². The number of carbonyl (C=O) groups excluding carboxylic acids is 1. The molecule has 1 aromatic carbocycles. The van der Waals surface area contributed by atoms with Crippen LogP contribution in [0.4, 0.5) is 10.1 Å². The number of aromatic carboxylic acids is 1. The first-order valence-electron chi connectivity index (χ1n) is 7.05. The zero-order valence-corrected chi connectivity index (χ0v) is 13.7. The summed E-state index contributed by atoms with van der Waals surface area (Å²) in [6.45, 7) is 3.23. The fraction of sp³-hybridized carbons (Fsp3) is 0.250. The molecule has 0 amide bonds. The number of nitrogens with one attached hydrogen (secondary N) is 1. The molecule has 1 aromatic heterocycles. The van der Waals surface area contributed by atoms with Crippen molar-refractivity contribution in [1.29, 1.82) is 0 Å². The molecule has 2 aromatic rings. The van der Waals surface area contributed by atoms with Crippen LogP contribution in [0.5, 0.6) is 0 Å². The predicted molar refractivity (Wildman–Crippen MR) is 84.8 cm³/mol. The minimum atomic E-state index is -1.18. The van der Waals surface area contributed by atoms with Gasteiger partial charge in [0, 0.05) is 0 Å². The highest BCUT2D eigenvalue weighted by Gasteiger charge is 2.28. The van der Waals surface area contributed by atoms with E-state index in [1.807, 2.05) is 0 Å². The minimum Gasteiger partial charge on any atom is -0.478 e. The Morgan fingerprint density at radius 3 is 2.67 bits per heavy atom. The molecule has 24 heavy (non-hydrogen) atoms. The van der Waals surface area contributed by atoms with Gasteiger partial charge in [0.15, 0.2) is 6.04 Å². The Morgan fingerprint density at radius 2 is 2.12 bits per heavy atom. The zero-order valence-electron chi connectivity index (χ0n) is 12.9. The molecule has 1 heterocycles. The number of ether oxygens (including phenoxy) is 1. The van der Waals surface area contributed by atoms with Crippen LogP contribution >= 0.6 is 11.6 Å². The molecule has 0 bridgehead atoms. The summed E-state index contributed by atoms with van der Waals surface area (Å²) in [6.07, 6.45) is 0. The van der Waals surface area contributed by atoms with E-state index in [2.05, 4.69) is 5.32 Å². The number of furan rings is 1. The second-order valence-corrected chi connectivity index (χ2v) is 5.28. The predicted octanol–water partition coefficient (Wildman–Crippen LogP) is 3.80. The molecule has 0 aliphatic heterocycles. The smallest absolute Gasteiger partial charge is 0.339 e. The molecule has 128 valence electrons. The second kappa shape index (κ2) is 7.35. The van der Waals surface area contributed by atoms with Crippen molar-refractivity contribution in [1.82, 2.24) is 0 Å². The van der Waals surface area contributed by atoms with Gasteiger partial charge in [-0.1, -0.05) is 11.6 Å². The number of benzene rings is 1. The number of halogens is 2. The molecule has 2 N–H and O–H groups in total. The molecular formula is C16H15ClFNO5. The molecular weight excluding hydrogens is 341 g/mol. The third-order valence-corrected chi connectivity index (χ3v) is 3.52. The number of anilines is 1. The van der Waals surface area contributed by atoms with Crippen LogP contribution in [0.2, 0.25) is 5.02 Å². The van der Waals surface area contributed by atoms with Crippen molar-refractivity contribution >= 4 is 29.2 Å². The van der Waals surface area contributed by atoms with Gasteiger partial charge < -0.3 is 19.6 Å². The number of carboxylic acid groups (broad SMARTS) is 1. The Balaban J connectivity index is 2.39. The van der Waals surface area contributed by atoms with E-state index in [1.54, 1.807) is 6.92 Å². The van der Waals surface area contributed by atoms with Crippen molar-refractivity contribution in [2.24, 2.45) is 0 Å². The summed E-state index contributed by atoms with van der Waals surface area (Å²) >= 11 is 5.95. The molecule has 6 nitrogen and oxygen atoms in total. The number of esters is 1. The van der Waals surface area contributed by atoms with Crippen molar-refractivity contribution in [3.63, 3.8) is 0 Å². The highest BCUT2D eigenvalue weighted by molar-refractivity contribution is 6.33. The van der Waals surface area contributed by atoms with Crippen molar-refractivity contribution < 1.29 is 28.2 Å². The second-order valence-electron chi connectivity index (χ2n) is 4.88. The van der Waals surface area contributed by atoms with Crippen LogP contribution in [-0.4, -0.2) is 23.7 Å². The topological polar surface area (TPSA) is 88.8 Å². The SMILES string of the molecule is CCOC(=O)C(Nc1ccc(F)cc1Cl)c1cc(C(=O)O)c(C)o1. The third-order valence-electron chi connectivity index (χ3n) is 3.21. The maximum absolute atomic E-state index is 13.1. The summed E-state index contributed by atoms with van der Waals surface area (Å²) in [4.78, 5) is 23.4. The Bertz CT molecular complexity index is 774. The van der Waals surface area contributed by atoms with E-state index >= 15 is 0 Å². The maximum atomic E-state index is 13.1. The van der Waals surface area contributed by atoms with Crippen LogP contribution in [0.15, 0.2) is 28.7 Å². The van der Waals surface area contributed by atoms with Crippen LogP contribution < -0.4 is 5.32 Å². The van der Waals surface area contributed by atoms with Gasteiger partial charge in [-0.05, 0) is 38.1 Å². The minimum absolute atomic E-state index is 0.0590. The van der Waals surface area contributed by atoms with Gasteiger partial charge >= 0.3 is 11.9 Å². The van der Waals surface area contributed by atoms with E-state index in [0.717, 1.165) is 6.07 Å². The average Bonchev–Trinajstić information content (AvgIpc) is 2.88. The summed E-state index contributed by atoms with van der Waals surface area (Å²) in [5, 5.41) is 12.0. The van der Waals surface area contributed by atoms with Crippen molar-refractivity contribution in [3.8, 4) is 0 Å². The van der Waals surface area contributed by atoms with Crippen molar-refractivity contribution in [3.05, 3.63) is 52.2 Å². The van der Waals surface area contributed by atoms with E-state index in [4.69, 9.17) is 25.9 Å². The summed E-state index contributed by atoms with van der Waals surface area (Å²) in [5.41, 5.74) is 0.216. The normalized spacial score (nSPS) is 11.8. The Morgan fingerprint density at radius 1 is 1.42 bits per heavy atom. The molecule has 0 radical (unpaired) electrons. The lowest BCUT2D eigenvalue weighted by molar-refractivity contribution is -0.144. The Hall–Kier alpha value is -2.54. The monoisotopic (exact) mass is 355 g/mol. The van der Waals surface area contributed by atoms with Gasteiger partial charge in [-0.25, -0.2) is 14.0 Å². The highest BCUT2D eigenvalue weighted by Crippen LogP contribution is 2.29. The standard InChI is InChI=1S/C16H15ClFNO5/c1-3-23-16(22)14(13-7-10(15(20)21)8(2)24-13)19-12-5-4-9(18)6-11(12)17/h4-7,14,19H,3H2,1-2H3,(H,20,21). The van der Waals surface area contributed by atoms with Crippen molar-refractivity contribution in [2.75, 3.05) is 11.9 Å². The number of hydrogen-bond donors (Lipinski definition) is 2. The first-order valence-corrected chi connectivity index (χ1v) is 7.43. The van der Waals surface area contributed by atoms with E-state index < -0.39 is 23.8 Å². The molecule has 2 rings (SSSR count). The fourth-order valence-corrected chi connectivity index (χ4v) is 2.32. The summed E-state index contributed by atoms with van der Waals surface area (Å²) < 4.78 is 23.5. The van der Waals surface area contributed by atoms with E-state index in [-0.39, 0.29) is 34.4 Å². The van der Waals surface area contributed by atoms with E-state index in [0.29, 0.717) is 0 Å². The van der Waals surface area contributed by atoms with Gasteiger partial charge in [0.2, 0.25) is 0 Å². The molecule has 0 aliphatic carbocycles. The summed E-state index contributed by atoms with van der Waals surface area (Å²) in [5.74, 6) is -2.17. The quantitative estimate of drug-likeness (QED) is 0.766. The molecule has 0 aliphatic rings. The van der Waals surface area contributed by atoms with Crippen LogP contribution in [-0.2, 0) is 9.53 Å². The number of carboxylic acids is 1. The van der Waals surface area contributed by atoms with Gasteiger partial charge in [0.1, 0.15) is 22.9 Å². The molecule has 0 spiro atoms. The molecule has 0 saturated heterocycles. The Labute approximate surface area is 142 Å². The summed E-state index contributed by atoms with van der Waals surface area (Å²) in [7, 11) is 0. The average molecular weight is 356 g/mol.